The number of aliphatic hydroxyl groups is 1. The van der Waals surface area contributed by atoms with Crippen LogP contribution in [0.2, 0.25) is 0 Å². The van der Waals surface area contributed by atoms with Crippen molar-refractivity contribution in [3.05, 3.63) is 0 Å². The molecule has 0 bridgehead atoms. The molecule has 0 aromatic rings. The smallest absolute Gasteiger partial charge is 0.139 e. The minimum absolute atomic E-state index is 0.0455. The molecule has 0 heterocycles. The SMILES string of the molecule is C[C@]12CCC(O)CC1CC[C@@H]1[C@@H]2CC[C@@]2(C)[C@H]1CC[C@@]21CCC1=O. The fourth-order valence-corrected chi connectivity index (χ4v) is 8.77. The van der Waals surface area contributed by atoms with E-state index in [0.29, 0.717) is 16.6 Å². The summed E-state index contributed by atoms with van der Waals surface area (Å²) in [5.41, 5.74) is 0.854. The summed E-state index contributed by atoms with van der Waals surface area (Å²) in [6.07, 6.45) is 13.1. The lowest BCUT2D eigenvalue weighted by atomic mass is 9.41. The molecule has 0 aromatic carbocycles. The Morgan fingerprint density at radius 3 is 2.42 bits per heavy atom. The van der Waals surface area contributed by atoms with Crippen LogP contribution in [0.3, 0.4) is 0 Å². The van der Waals surface area contributed by atoms with Gasteiger partial charge in [-0.15, -0.1) is 0 Å². The van der Waals surface area contributed by atoms with E-state index in [4.69, 9.17) is 0 Å². The highest BCUT2D eigenvalue weighted by atomic mass is 16.3. The van der Waals surface area contributed by atoms with Crippen molar-refractivity contribution >= 4 is 5.78 Å². The van der Waals surface area contributed by atoms with Gasteiger partial charge in [-0.2, -0.15) is 0 Å². The Kier molecular flexibility index (Phi) is 3.22. The Morgan fingerprint density at radius 2 is 1.71 bits per heavy atom. The Hall–Kier alpha value is -0.370. The molecule has 5 rings (SSSR count). The summed E-state index contributed by atoms with van der Waals surface area (Å²) < 4.78 is 0. The molecule has 0 amide bonds. The Bertz CT molecular complexity index is 570. The van der Waals surface area contributed by atoms with E-state index in [1.165, 1.54) is 51.4 Å². The molecule has 1 N–H and O–H groups in total. The molecule has 0 aliphatic heterocycles. The van der Waals surface area contributed by atoms with E-state index in [0.717, 1.165) is 42.9 Å². The predicted molar refractivity (Wildman–Crippen MR) is 94.4 cm³/mol. The molecule has 2 nitrogen and oxygen atoms in total. The van der Waals surface area contributed by atoms with Crippen molar-refractivity contribution in [3.63, 3.8) is 0 Å². The van der Waals surface area contributed by atoms with E-state index in [1.54, 1.807) is 0 Å². The number of rotatable bonds is 0. The fourth-order valence-electron chi connectivity index (χ4n) is 8.77. The molecule has 0 aromatic heterocycles. The highest BCUT2D eigenvalue weighted by Gasteiger charge is 2.68. The van der Waals surface area contributed by atoms with Crippen LogP contribution in [0.25, 0.3) is 0 Å². The summed E-state index contributed by atoms with van der Waals surface area (Å²) in [6, 6.07) is 0. The summed E-state index contributed by atoms with van der Waals surface area (Å²) >= 11 is 0. The summed E-state index contributed by atoms with van der Waals surface area (Å²) in [4.78, 5) is 12.6. The van der Waals surface area contributed by atoms with E-state index >= 15 is 0 Å². The number of hydrogen-bond donors (Lipinski definition) is 1. The van der Waals surface area contributed by atoms with Crippen LogP contribution < -0.4 is 0 Å². The molecule has 5 fully saturated rings. The van der Waals surface area contributed by atoms with Crippen LogP contribution in [-0.2, 0) is 4.79 Å². The average molecular weight is 331 g/mol. The van der Waals surface area contributed by atoms with Gasteiger partial charge in [0.25, 0.3) is 0 Å². The molecule has 1 spiro atoms. The third kappa shape index (κ3) is 1.70. The topological polar surface area (TPSA) is 37.3 Å². The molecule has 2 heteroatoms. The van der Waals surface area contributed by atoms with E-state index in [1.807, 2.05) is 0 Å². The van der Waals surface area contributed by atoms with E-state index in [-0.39, 0.29) is 11.5 Å². The van der Waals surface area contributed by atoms with Crippen LogP contribution in [0.5, 0.6) is 0 Å². The van der Waals surface area contributed by atoms with E-state index < -0.39 is 0 Å². The normalized spacial score (nSPS) is 59.5. The fraction of sp³-hybridized carbons (Fsp3) is 0.955. The standard InChI is InChI=1S/C22H34O2/c1-20-9-5-15(23)13-14(20)3-4-16-17(20)6-10-21(2)18(16)7-11-22(21)12-8-19(22)24/h14-18,23H,3-13H2,1-2H3/t14?,15?,16-,17+,18+,20+,21+,22+/m1/s1. The maximum Gasteiger partial charge on any atom is 0.139 e. The largest absolute Gasteiger partial charge is 0.393 e. The lowest BCUT2D eigenvalue weighted by Crippen LogP contribution is -2.58. The third-order valence-electron chi connectivity index (χ3n) is 10.3. The number of Topliss-reactive ketones (excluding diaryl/α,β-unsaturated/α-hetero) is 1. The molecule has 5 aliphatic carbocycles. The highest BCUT2D eigenvalue weighted by Crippen LogP contribution is 2.73. The molecule has 24 heavy (non-hydrogen) atoms. The quantitative estimate of drug-likeness (QED) is 0.696. The zero-order valence-corrected chi connectivity index (χ0v) is 15.5. The van der Waals surface area contributed by atoms with Crippen LogP contribution in [0.15, 0.2) is 0 Å². The lowest BCUT2D eigenvalue weighted by Gasteiger charge is -2.63. The zero-order valence-electron chi connectivity index (χ0n) is 15.5. The van der Waals surface area contributed by atoms with Gasteiger partial charge in [0.15, 0.2) is 0 Å². The third-order valence-corrected chi connectivity index (χ3v) is 10.3. The van der Waals surface area contributed by atoms with E-state index in [9.17, 15) is 9.90 Å². The van der Waals surface area contributed by atoms with Gasteiger partial charge in [-0.05, 0) is 98.7 Å². The Morgan fingerprint density at radius 1 is 0.917 bits per heavy atom. The molecular formula is C22H34O2. The van der Waals surface area contributed by atoms with Gasteiger partial charge in [0.05, 0.1) is 6.10 Å². The summed E-state index contributed by atoms with van der Waals surface area (Å²) in [6.45, 7) is 5.05. The summed E-state index contributed by atoms with van der Waals surface area (Å²) in [7, 11) is 0. The van der Waals surface area contributed by atoms with Crippen molar-refractivity contribution in [1.29, 1.82) is 0 Å². The summed E-state index contributed by atoms with van der Waals surface area (Å²) in [5.74, 6) is 3.85. The molecule has 8 atom stereocenters. The minimum atomic E-state index is -0.0455. The van der Waals surface area contributed by atoms with Gasteiger partial charge in [0.1, 0.15) is 5.78 Å². The van der Waals surface area contributed by atoms with Gasteiger partial charge in [-0.25, -0.2) is 0 Å². The molecule has 5 saturated carbocycles. The second-order valence-electron chi connectivity index (χ2n) is 10.6. The van der Waals surface area contributed by atoms with Crippen molar-refractivity contribution < 1.29 is 9.90 Å². The highest BCUT2D eigenvalue weighted by molar-refractivity contribution is 5.91. The second-order valence-corrected chi connectivity index (χ2v) is 10.6. The van der Waals surface area contributed by atoms with Gasteiger partial charge in [0.2, 0.25) is 0 Å². The van der Waals surface area contributed by atoms with Gasteiger partial charge >= 0.3 is 0 Å². The number of carbonyl (C=O) groups excluding carboxylic acids is 1. The number of carbonyl (C=O) groups is 1. The number of fused-ring (bicyclic) bond motifs is 6. The van der Waals surface area contributed by atoms with Gasteiger partial charge in [0, 0.05) is 11.8 Å². The first-order valence-electron chi connectivity index (χ1n) is 10.6. The van der Waals surface area contributed by atoms with Crippen LogP contribution in [0.1, 0.15) is 84.5 Å². The first-order chi connectivity index (χ1) is 11.4. The maximum atomic E-state index is 12.6. The monoisotopic (exact) mass is 330 g/mol. The minimum Gasteiger partial charge on any atom is -0.393 e. The number of hydrogen-bond acceptors (Lipinski definition) is 2. The van der Waals surface area contributed by atoms with Crippen molar-refractivity contribution in [1.82, 2.24) is 0 Å². The lowest BCUT2D eigenvalue weighted by molar-refractivity contribution is -0.166. The van der Waals surface area contributed by atoms with Gasteiger partial charge < -0.3 is 5.11 Å². The summed E-state index contributed by atoms with van der Waals surface area (Å²) in [5, 5.41) is 10.1. The Balaban J connectivity index is 1.46. The Labute approximate surface area is 146 Å². The van der Waals surface area contributed by atoms with Gasteiger partial charge in [-0.3, -0.25) is 4.79 Å². The van der Waals surface area contributed by atoms with Crippen molar-refractivity contribution in [2.45, 2.75) is 90.6 Å². The van der Waals surface area contributed by atoms with E-state index in [2.05, 4.69) is 13.8 Å². The molecule has 134 valence electrons. The number of aliphatic hydroxyl groups excluding tert-OH is 1. The van der Waals surface area contributed by atoms with Gasteiger partial charge in [-0.1, -0.05) is 13.8 Å². The second kappa shape index (κ2) is 4.87. The zero-order chi connectivity index (χ0) is 16.7. The molecular weight excluding hydrogens is 296 g/mol. The van der Waals surface area contributed by atoms with Crippen LogP contribution in [-0.4, -0.2) is 17.0 Å². The van der Waals surface area contributed by atoms with Crippen molar-refractivity contribution in [2.24, 2.45) is 39.9 Å². The van der Waals surface area contributed by atoms with Crippen molar-refractivity contribution in [2.75, 3.05) is 0 Å². The van der Waals surface area contributed by atoms with Crippen molar-refractivity contribution in [3.8, 4) is 0 Å². The van der Waals surface area contributed by atoms with Crippen LogP contribution in [0, 0.1) is 39.9 Å². The predicted octanol–water partition coefficient (Wildman–Crippen LogP) is 4.74. The number of ketones is 1. The first kappa shape index (κ1) is 15.9. The maximum absolute atomic E-state index is 12.6. The van der Waals surface area contributed by atoms with Crippen LogP contribution >= 0.6 is 0 Å². The molecule has 0 radical (unpaired) electrons. The first-order valence-corrected chi connectivity index (χ1v) is 10.6. The van der Waals surface area contributed by atoms with Crippen LogP contribution in [0.4, 0.5) is 0 Å². The molecule has 0 saturated heterocycles. The molecule has 5 aliphatic rings. The average Bonchev–Trinajstić information content (AvgIpc) is 2.89. The molecule has 2 unspecified atom stereocenters.